The third kappa shape index (κ3) is 7.13. The van der Waals surface area contributed by atoms with Gasteiger partial charge in [0.25, 0.3) is 5.91 Å². The molecule has 9 nitrogen and oxygen atoms in total. The van der Waals surface area contributed by atoms with Crippen molar-refractivity contribution in [2.24, 2.45) is 17.6 Å². The zero-order chi connectivity index (χ0) is 30.4. The van der Waals surface area contributed by atoms with E-state index in [-0.39, 0.29) is 30.8 Å². The van der Waals surface area contributed by atoms with Gasteiger partial charge in [-0.15, -0.1) is 0 Å². The lowest BCUT2D eigenvalue weighted by Gasteiger charge is -2.32. The molecule has 1 aliphatic heterocycles. The fraction of sp³-hybridized carbons (Fsp3) is 0.500. The summed E-state index contributed by atoms with van der Waals surface area (Å²) in [6.07, 6.45) is 3.66. The van der Waals surface area contributed by atoms with Crippen molar-refractivity contribution < 1.29 is 19.1 Å². The van der Waals surface area contributed by atoms with E-state index in [1.165, 1.54) is 16.9 Å². The number of amides is 3. The minimum Gasteiger partial charge on any atom is -0.452 e. The summed E-state index contributed by atoms with van der Waals surface area (Å²) < 4.78 is 5.04. The average molecular weight is 596 g/mol. The molecule has 1 saturated carbocycles. The summed E-state index contributed by atoms with van der Waals surface area (Å²) in [5.74, 6) is 0.0191. The molecule has 4 N–H and O–H groups in total. The van der Waals surface area contributed by atoms with Crippen molar-refractivity contribution in [3.8, 4) is 0 Å². The van der Waals surface area contributed by atoms with Gasteiger partial charge in [0.05, 0.1) is 13.2 Å². The molecule has 3 atom stereocenters. The first-order valence-electron chi connectivity index (χ1n) is 14.7. The van der Waals surface area contributed by atoms with Crippen LogP contribution in [0.25, 0.3) is 0 Å². The van der Waals surface area contributed by atoms with E-state index in [1.54, 1.807) is 12.1 Å². The van der Waals surface area contributed by atoms with Crippen molar-refractivity contribution in [2.45, 2.75) is 76.4 Å². The maximum Gasteiger partial charge on any atom is 0.416 e. The van der Waals surface area contributed by atoms with Gasteiger partial charge >= 0.3 is 6.09 Å². The van der Waals surface area contributed by atoms with Gasteiger partial charge < -0.3 is 15.8 Å². The lowest BCUT2D eigenvalue weighted by atomic mass is 9.82. The molecule has 10 heteroatoms. The second-order valence-corrected chi connectivity index (χ2v) is 12.3. The van der Waals surface area contributed by atoms with Gasteiger partial charge in [-0.3, -0.25) is 19.9 Å². The summed E-state index contributed by atoms with van der Waals surface area (Å²) in [5, 5.41) is 12.4. The van der Waals surface area contributed by atoms with Gasteiger partial charge in [-0.25, -0.2) is 9.69 Å². The fourth-order valence-corrected chi connectivity index (χ4v) is 6.13. The summed E-state index contributed by atoms with van der Waals surface area (Å²) in [6.45, 7) is 4.40. The molecular formula is C32H42ClN5O4. The van der Waals surface area contributed by atoms with Gasteiger partial charge in [-0.05, 0) is 61.1 Å². The van der Waals surface area contributed by atoms with E-state index in [0.29, 0.717) is 36.6 Å². The molecule has 1 heterocycles. The first kappa shape index (κ1) is 31.5. The lowest BCUT2D eigenvalue weighted by molar-refractivity contribution is -0.134. The van der Waals surface area contributed by atoms with E-state index in [2.05, 4.69) is 19.2 Å². The summed E-state index contributed by atoms with van der Waals surface area (Å²) in [5.41, 5.74) is 6.90. The molecule has 2 aromatic rings. The molecule has 1 saturated heterocycles. The zero-order valence-electron chi connectivity index (χ0n) is 24.6. The Kier molecular flexibility index (Phi) is 10.3. The zero-order valence-corrected chi connectivity index (χ0v) is 25.4. The number of guanidine groups is 1. The number of carbonyl (C=O) groups excluding carboxylic acids is 3. The van der Waals surface area contributed by atoms with Gasteiger partial charge in [-0.2, -0.15) is 0 Å². The predicted molar refractivity (Wildman–Crippen MR) is 163 cm³/mol. The number of methoxy groups -OCH3 is 1. The van der Waals surface area contributed by atoms with Crippen LogP contribution in [0.3, 0.4) is 0 Å². The molecular weight excluding hydrogens is 554 g/mol. The van der Waals surface area contributed by atoms with E-state index in [0.717, 1.165) is 24.0 Å². The summed E-state index contributed by atoms with van der Waals surface area (Å²) in [7, 11) is 1.25. The Bertz CT molecular complexity index is 1280. The van der Waals surface area contributed by atoms with Crippen molar-refractivity contribution in [3.63, 3.8) is 0 Å². The number of halogens is 1. The summed E-state index contributed by atoms with van der Waals surface area (Å²) in [4.78, 5) is 43.1. The normalized spacial score (nSPS) is 19.9. The molecule has 2 aliphatic rings. The molecule has 0 radical (unpaired) electrons. The second kappa shape index (κ2) is 13.7. The Balaban J connectivity index is 1.49. The third-order valence-corrected chi connectivity index (χ3v) is 8.47. The van der Waals surface area contributed by atoms with E-state index in [1.807, 2.05) is 42.5 Å². The van der Waals surface area contributed by atoms with Crippen molar-refractivity contribution in [2.75, 3.05) is 13.7 Å². The number of hydrogen-bond donors (Lipinski definition) is 3. The molecule has 2 aromatic carbocycles. The molecule has 3 amide bonds. The van der Waals surface area contributed by atoms with Crippen molar-refractivity contribution >= 4 is 35.5 Å². The lowest BCUT2D eigenvalue weighted by Crippen LogP contribution is -2.52. The monoisotopic (exact) mass is 595 g/mol. The Morgan fingerprint density at radius 1 is 1.17 bits per heavy atom. The first-order chi connectivity index (χ1) is 20.1. The SMILES string of the molecule is COC(=O)N(C(=O)[C@@H](N)Cc1ccccc1Cl)C(CCCN1C(=N)N[C@](CC(C)C)(c2ccccc2)C1=O)CC1CC1. The average Bonchev–Trinajstić information content (AvgIpc) is 3.75. The fourth-order valence-electron chi connectivity index (χ4n) is 5.92. The smallest absolute Gasteiger partial charge is 0.416 e. The molecule has 4 rings (SSSR count). The number of hydrogen-bond acceptors (Lipinski definition) is 6. The number of benzene rings is 2. The number of carbonyl (C=O) groups is 3. The third-order valence-electron chi connectivity index (χ3n) is 8.10. The highest BCUT2D eigenvalue weighted by Crippen LogP contribution is 2.37. The van der Waals surface area contributed by atoms with Crippen LogP contribution < -0.4 is 11.1 Å². The van der Waals surface area contributed by atoms with Crippen molar-refractivity contribution in [1.29, 1.82) is 5.41 Å². The van der Waals surface area contributed by atoms with Crippen LogP contribution in [-0.4, -0.2) is 59.4 Å². The standard InChI is InChI=1S/C32H42ClN5O4/c1-21(2)20-32(24-11-5-4-6-12-24)29(40)37(30(35)36-32)17-9-13-25(18-22-15-16-22)38(31(41)42-3)28(39)27(34)19-23-10-7-8-14-26(23)33/h4-8,10-12,14,21-22,25,27H,9,13,15-20,34H2,1-3H3,(H2,35,36)/t25?,27-,32+/m0/s1. The van der Waals surface area contributed by atoms with Gasteiger partial charge in [0, 0.05) is 17.6 Å². The van der Waals surface area contributed by atoms with Crippen LogP contribution in [-0.2, 0) is 26.3 Å². The molecule has 1 unspecified atom stereocenters. The minimum absolute atomic E-state index is 0.0610. The van der Waals surface area contributed by atoms with Gasteiger partial charge in [0.1, 0.15) is 5.54 Å². The molecule has 42 heavy (non-hydrogen) atoms. The number of imide groups is 1. The number of nitrogens with one attached hydrogen (secondary N) is 2. The molecule has 1 aliphatic carbocycles. The largest absolute Gasteiger partial charge is 0.452 e. The number of nitrogens with zero attached hydrogens (tertiary/aromatic N) is 2. The molecule has 0 spiro atoms. The Morgan fingerprint density at radius 2 is 1.83 bits per heavy atom. The number of rotatable bonds is 13. The van der Waals surface area contributed by atoms with E-state index in [9.17, 15) is 14.4 Å². The maximum atomic E-state index is 13.9. The molecule has 0 bridgehead atoms. The van der Waals surface area contributed by atoms with Crippen LogP contribution >= 0.6 is 11.6 Å². The Labute approximate surface area is 253 Å². The first-order valence-corrected chi connectivity index (χ1v) is 15.1. The second-order valence-electron chi connectivity index (χ2n) is 11.9. The van der Waals surface area contributed by atoms with Crippen molar-refractivity contribution in [3.05, 3.63) is 70.7 Å². The number of ether oxygens (including phenoxy) is 1. The van der Waals surface area contributed by atoms with Gasteiger partial charge in [0.2, 0.25) is 5.91 Å². The van der Waals surface area contributed by atoms with Crippen LogP contribution in [0.5, 0.6) is 0 Å². The van der Waals surface area contributed by atoms with Crippen LogP contribution in [0, 0.1) is 17.2 Å². The summed E-state index contributed by atoms with van der Waals surface area (Å²) in [6, 6.07) is 15.3. The van der Waals surface area contributed by atoms with Crippen molar-refractivity contribution in [1.82, 2.24) is 15.1 Å². The Morgan fingerprint density at radius 3 is 2.45 bits per heavy atom. The quantitative estimate of drug-likeness (QED) is 0.297. The van der Waals surface area contributed by atoms with Gasteiger partial charge in [-0.1, -0.05) is 86.8 Å². The van der Waals surface area contributed by atoms with Crippen LogP contribution in [0.15, 0.2) is 54.6 Å². The Hall–Kier alpha value is -3.43. The molecule has 226 valence electrons. The summed E-state index contributed by atoms with van der Waals surface area (Å²) >= 11 is 6.30. The molecule has 2 fully saturated rings. The van der Waals surface area contributed by atoms with Gasteiger partial charge in [0.15, 0.2) is 5.96 Å². The van der Waals surface area contributed by atoms with Crippen LogP contribution in [0.1, 0.15) is 63.5 Å². The van der Waals surface area contributed by atoms with E-state index in [4.69, 9.17) is 27.5 Å². The highest BCUT2D eigenvalue weighted by Gasteiger charge is 2.50. The highest BCUT2D eigenvalue weighted by molar-refractivity contribution is 6.31. The topological polar surface area (TPSA) is 129 Å². The van der Waals surface area contributed by atoms with E-state index < -0.39 is 29.6 Å². The van der Waals surface area contributed by atoms with E-state index >= 15 is 0 Å². The minimum atomic E-state index is -1.00. The highest BCUT2D eigenvalue weighted by atomic mass is 35.5. The predicted octanol–water partition coefficient (Wildman–Crippen LogP) is 5.06. The molecule has 0 aromatic heterocycles. The maximum absolute atomic E-state index is 13.9. The van der Waals surface area contributed by atoms with Crippen LogP contribution in [0.2, 0.25) is 5.02 Å². The van der Waals surface area contributed by atoms with Crippen LogP contribution in [0.4, 0.5) is 4.79 Å². The number of nitrogens with two attached hydrogens (primary N) is 1.